The number of nitrogens with zero attached hydrogens (tertiary/aromatic N) is 3. The van der Waals surface area contributed by atoms with Crippen LogP contribution in [0.15, 0.2) is 29.4 Å². The van der Waals surface area contributed by atoms with Crippen molar-refractivity contribution in [2.45, 2.75) is 4.90 Å². The van der Waals surface area contributed by atoms with Crippen LogP contribution in [0, 0.1) is 11.6 Å². The minimum Gasteiger partial charge on any atom is -0.478 e. The Kier molecular flexibility index (Phi) is 3.76. The number of carboxylic acids is 1. The van der Waals surface area contributed by atoms with E-state index < -0.39 is 44.0 Å². The maximum Gasteiger partial charge on any atom is 0.335 e. The summed E-state index contributed by atoms with van der Waals surface area (Å²) in [7, 11) is -4.62. The van der Waals surface area contributed by atoms with Crippen molar-refractivity contribution in [1.29, 1.82) is 0 Å². The molecule has 0 aliphatic heterocycles. The second-order valence-corrected chi connectivity index (χ2v) is 5.30. The summed E-state index contributed by atoms with van der Waals surface area (Å²) in [4.78, 5) is 13.1. The molecule has 0 aliphatic rings. The third-order valence-corrected chi connectivity index (χ3v) is 3.57. The van der Waals surface area contributed by atoms with Gasteiger partial charge in [-0.05, 0) is 12.1 Å². The molecule has 0 atom stereocenters. The molecule has 1 heterocycles. The zero-order valence-corrected chi connectivity index (χ0v) is 10.8. The third-order valence-electron chi connectivity index (χ3n) is 2.24. The molecule has 0 fully saturated rings. The van der Waals surface area contributed by atoms with Crippen LogP contribution >= 0.6 is 0 Å². The van der Waals surface area contributed by atoms with E-state index in [9.17, 15) is 22.0 Å². The number of carbonyl (C=O) groups is 1. The number of hydrogen-bond acceptors (Lipinski definition) is 6. The van der Waals surface area contributed by atoms with Crippen LogP contribution in [-0.4, -0.2) is 34.7 Å². The van der Waals surface area contributed by atoms with Crippen molar-refractivity contribution < 1.29 is 27.1 Å². The lowest BCUT2D eigenvalue weighted by atomic mass is 10.2. The normalized spacial score (nSPS) is 11.1. The molecule has 11 heteroatoms. The monoisotopic (exact) mass is 316 g/mol. The standard InChI is InChI=1S/C10H6F2N4O4S/c11-6-3-5(9(17)18)4-7(8(6)12)21(19,20)16-10-13-1-2-14-15-10/h1-4H,(H,17,18)(H,13,15,16). The second kappa shape index (κ2) is 5.36. The fraction of sp³-hybridized carbons (Fsp3) is 0. The molecule has 2 N–H and O–H groups in total. The Morgan fingerprint density at radius 2 is 1.95 bits per heavy atom. The number of rotatable bonds is 4. The van der Waals surface area contributed by atoms with Crippen molar-refractivity contribution >= 4 is 21.9 Å². The largest absolute Gasteiger partial charge is 0.478 e. The van der Waals surface area contributed by atoms with E-state index >= 15 is 0 Å². The molecule has 8 nitrogen and oxygen atoms in total. The highest BCUT2D eigenvalue weighted by Crippen LogP contribution is 2.21. The summed E-state index contributed by atoms with van der Waals surface area (Å²) in [5, 5.41) is 15.4. The molecule has 0 saturated heterocycles. The first kappa shape index (κ1) is 14.7. The van der Waals surface area contributed by atoms with Crippen molar-refractivity contribution in [2.75, 3.05) is 4.72 Å². The molecule has 1 aromatic carbocycles. The topological polar surface area (TPSA) is 122 Å². The number of hydrogen-bond donors (Lipinski definition) is 2. The van der Waals surface area contributed by atoms with Crippen LogP contribution in [0.1, 0.15) is 10.4 Å². The molecule has 110 valence electrons. The number of aromatic nitrogens is 3. The summed E-state index contributed by atoms with van der Waals surface area (Å²) in [5.41, 5.74) is -0.721. The van der Waals surface area contributed by atoms with Gasteiger partial charge in [0.15, 0.2) is 11.6 Å². The minimum atomic E-state index is -4.62. The zero-order chi connectivity index (χ0) is 15.6. The number of aromatic carboxylic acids is 1. The summed E-state index contributed by atoms with van der Waals surface area (Å²) < 4.78 is 52.5. The highest BCUT2D eigenvalue weighted by Gasteiger charge is 2.25. The third kappa shape index (κ3) is 3.08. The molecule has 0 unspecified atom stereocenters. The molecule has 0 spiro atoms. The highest BCUT2D eigenvalue weighted by molar-refractivity contribution is 7.92. The average molecular weight is 316 g/mol. The molecule has 0 aliphatic carbocycles. The quantitative estimate of drug-likeness (QED) is 0.849. The van der Waals surface area contributed by atoms with Crippen molar-refractivity contribution in [2.24, 2.45) is 0 Å². The Morgan fingerprint density at radius 1 is 1.24 bits per heavy atom. The number of halogens is 2. The van der Waals surface area contributed by atoms with E-state index in [2.05, 4.69) is 15.2 Å². The first-order chi connectivity index (χ1) is 9.81. The fourth-order valence-corrected chi connectivity index (χ4v) is 2.41. The van der Waals surface area contributed by atoms with Crippen LogP contribution in [0.2, 0.25) is 0 Å². The summed E-state index contributed by atoms with van der Waals surface area (Å²) in [5.74, 6) is -5.40. The van der Waals surface area contributed by atoms with Crippen LogP contribution in [0.4, 0.5) is 14.7 Å². The van der Waals surface area contributed by atoms with E-state index in [1.807, 2.05) is 0 Å². The van der Waals surface area contributed by atoms with E-state index in [1.165, 1.54) is 6.20 Å². The Bertz CT molecular complexity index is 798. The summed E-state index contributed by atoms with van der Waals surface area (Å²) in [6.45, 7) is 0. The SMILES string of the molecule is O=C(O)c1cc(F)c(F)c(S(=O)(=O)Nc2nccnn2)c1. The van der Waals surface area contributed by atoms with Crippen LogP contribution in [0.3, 0.4) is 0 Å². The molecule has 21 heavy (non-hydrogen) atoms. The lowest BCUT2D eigenvalue weighted by Gasteiger charge is -2.08. The van der Waals surface area contributed by atoms with E-state index in [-0.39, 0.29) is 0 Å². The van der Waals surface area contributed by atoms with Gasteiger partial charge in [0, 0.05) is 0 Å². The molecule has 0 bridgehead atoms. The fourth-order valence-electron chi connectivity index (χ4n) is 1.35. The van der Waals surface area contributed by atoms with Gasteiger partial charge in [-0.25, -0.2) is 31.7 Å². The number of sulfonamides is 1. The van der Waals surface area contributed by atoms with Gasteiger partial charge in [-0.15, -0.1) is 5.10 Å². The van der Waals surface area contributed by atoms with Crippen molar-refractivity contribution in [3.05, 3.63) is 41.7 Å². The van der Waals surface area contributed by atoms with E-state index in [4.69, 9.17) is 5.11 Å². The van der Waals surface area contributed by atoms with Crippen LogP contribution < -0.4 is 4.72 Å². The highest BCUT2D eigenvalue weighted by atomic mass is 32.2. The minimum absolute atomic E-state index is 0.372. The first-order valence-electron chi connectivity index (χ1n) is 5.20. The summed E-state index contributed by atoms with van der Waals surface area (Å²) in [6.07, 6.45) is 2.29. The van der Waals surface area contributed by atoms with Gasteiger partial charge in [0.2, 0.25) is 0 Å². The first-order valence-corrected chi connectivity index (χ1v) is 6.68. The number of carboxylic acid groups (broad SMARTS) is 1. The molecule has 1 aromatic heterocycles. The smallest absolute Gasteiger partial charge is 0.335 e. The van der Waals surface area contributed by atoms with Crippen molar-refractivity contribution in [3.63, 3.8) is 0 Å². The molecule has 2 rings (SSSR count). The maximum atomic E-state index is 13.6. The molecule has 0 amide bonds. The average Bonchev–Trinajstić information content (AvgIpc) is 2.41. The van der Waals surface area contributed by atoms with E-state index in [0.717, 1.165) is 6.20 Å². The number of nitrogens with one attached hydrogen (secondary N) is 1. The van der Waals surface area contributed by atoms with Gasteiger partial charge in [-0.3, -0.25) is 0 Å². The molecule has 2 aromatic rings. The van der Waals surface area contributed by atoms with Gasteiger partial charge in [0.25, 0.3) is 16.0 Å². The molecule has 0 saturated carbocycles. The second-order valence-electron chi connectivity index (χ2n) is 3.65. The Labute approximate surface area is 116 Å². The van der Waals surface area contributed by atoms with Gasteiger partial charge in [-0.2, -0.15) is 5.10 Å². The van der Waals surface area contributed by atoms with Gasteiger partial charge in [0.1, 0.15) is 4.90 Å². The lowest BCUT2D eigenvalue weighted by molar-refractivity contribution is 0.0696. The maximum absolute atomic E-state index is 13.6. The Hall–Kier alpha value is -2.69. The van der Waals surface area contributed by atoms with Gasteiger partial charge >= 0.3 is 5.97 Å². The van der Waals surface area contributed by atoms with Crippen LogP contribution in [0.5, 0.6) is 0 Å². The van der Waals surface area contributed by atoms with E-state index in [1.54, 1.807) is 4.72 Å². The van der Waals surface area contributed by atoms with Crippen LogP contribution in [-0.2, 0) is 10.0 Å². The van der Waals surface area contributed by atoms with Crippen LogP contribution in [0.25, 0.3) is 0 Å². The van der Waals surface area contributed by atoms with Gasteiger partial charge < -0.3 is 5.11 Å². The Balaban J connectivity index is 2.52. The Morgan fingerprint density at radius 3 is 2.52 bits per heavy atom. The predicted octanol–water partition coefficient (Wildman–Crippen LogP) is 0.649. The molecular formula is C10H6F2N4O4S. The molecular weight excluding hydrogens is 310 g/mol. The van der Waals surface area contributed by atoms with Gasteiger partial charge in [-0.1, -0.05) is 0 Å². The predicted molar refractivity (Wildman–Crippen MR) is 64.0 cm³/mol. The van der Waals surface area contributed by atoms with Crippen molar-refractivity contribution in [1.82, 2.24) is 15.2 Å². The number of benzene rings is 1. The van der Waals surface area contributed by atoms with Crippen molar-refractivity contribution in [3.8, 4) is 0 Å². The lowest BCUT2D eigenvalue weighted by Crippen LogP contribution is -2.18. The summed E-state index contributed by atoms with van der Waals surface area (Å²) in [6, 6.07) is 0.858. The van der Waals surface area contributed by atoms with Gasteiger partial charge in [0.05, 0.1) is 18.0 Å². The molecule has 0 radical (unpaired) electrons. The van der Waals surface area contributed by atoms with E-state index in [0.29, 0.717) is 12.1 Å². The summed E-state index contributed by atoms with van der Waals surface area (Å²) >= 11 is 0. The zero-order valence-electron chi connectivity index (χ0n) is 9.99. The number of anilines is 1.